The second-order valence-corrected chi connectivity index (χ2v) is 7.34. The quantitative estimate of drug-likeness (QED) is 0.443. The van der Waals surface area contributed by atoms with Gasteiger partial charge in [0, 0.05) is 18.4 Å². The number of Topliss-reactive ketones (excluding diaryl/α,β-unsaturated/α-hetero) is 1. The molecule has 0 fully saturated rings. The summed E-state index contributed by atoms with van der Waals surface area (Å²) in [6.07, 6.45) is -9.49. The number of ether oxygens (including phenoxy) is 1. The van der Waals surface area contributed by atoms with Gasteiger partial charge in [-0.1, -0.05) is 18.2 Å². The maximum Gasteiger partial charge on any atom is 0.416 e. The van der Waals surface area contributed by atoms with Crippen LogP contribution < -0.4 is 0 Å². The summed E-state index contributed by atoms with van der Waals surface area (Å²) < 4.78 is 84.5. The van der Waals surface area contributed by atoms with Crippen molar-refractivity contribution in [3.8, 4) is 0 Å². The molecule has 32 heavy (non-hydrogen) atoms. The highest BCUT2D eigenvalue weighted by Crippen LogP contribution is 2.41. The number of carbonyl (C=O) groups is 2. The van der Waals surface area contributed by atoms with Crippen LogP contribution in [-0.4, -0.2) is 30.0 Å². The molecule has 10 heteroatoms. The molecule has 0 saturated heterocycles. The molecule has 1 aliphatic carbocycles. The zero-order valence-electron chi connectivity index (χ0n) is 16.9. The lowest BCUT2D eigenvalue weighted by molar-refractivity contribution is -0.156. The first-order valence-electron chi connectivity index (χ1n) is 9.37. The predicted octanol–water partition coefficient (Wildman–Crippen LogP) is 5.44. The molecule has 1 aromatic carbocycles. The van der Waals surface area contributed by atoms with Gasteiger partial charge in [-0.15, -0.1) is 0 Å². The number of halogens is 6. The Morgan fingerprint density at radius 3 is 2.41 bits per heavy atom. The molecule has 1 aromatic heterocycles. The fourth-order valence-electron chi connectivity index (χ4n) is 3.52. The largest absolute Gasteiger partial charge is 0.465 e. The van der Waals surface area contributed by atoms with Crippen molar-refractivity contribution in [1.29, 1.82) is 0 Å². The molecule has 0 saturated carbocycles. The lowest BCUT2D eigenvalue weighted by atomic mass is 9.89. The first-order chi connectivity index (χ1) is 14.8. The lowest BCUT2D eigenvalue weighted by Crippen LogP contribution is -2.25. The smallest absolute Gasteiger partial charge is 0.416 e. The molecule has 4 nitrogen and oxygen atoms in total. The minimum Gasteiger partial charge on any atom is -0.465 e. The summed E-state index contributed by atoms with van der Waals surface area (Å²) in [7, 11) is 1.19. The Bertz CT molecular complexity index is 1100. The third-order valence-electron chi connectivity index (χ3n) is 5.18. The van der Waals surface area contributed by atoms with Gasteiger partial charge < -0.3 is 4.74 Å². The Hall–Kier alpha value is -3.17. The van der Waals surface area contributed by atoms with Crippen LogP contribution in [0.25, 0.3) is 6.08 Å². The third kappa shape index (κ3) is 4.84. The van der Waals surface area contributed by atoms with E-state index in [1.807, 2.05) is 0 Å². The molecule has 0 spiro atoms. The molecule has 0 amide bonds. The Balaban J connectivity index is 1.89. The number of alkyl halides is 6. The third-order valence-corrected chi connectivity index (χ3v) is 5.18. The van der Waals surface area contributed by atoms with Crippen LogP contribution in [-0.2, 0) is 22.1 Å². The molecule has 0 N–H and O–H groups in total. The second kappa shape index (κ2) is 8.40. The summed E-state index contributed by atoms with van der Waals surface area (Å²) in [6, 6.07) is 4.33. The van der Waals surface area contributed by atoms with Crippen molar-refractivity contribution in [3.05, 3.63) is 69.5 Å². The topological polar surface area (TPSA) is 56.3 Å². The summed E-state index contributed by atoms with van der Waals surface area (Å²) >= 11 is 0. The molecule has 2 aromatic rings. The number of carbonyl (C=O) groups excluding carboxylic acids is 2. The number of allylic oxidation sites excluding steroid dienone is 1. The Labute approximate surface area is 178 Å². The number of methoxy groups -OCH3 is 1. The van der Waals surface area contributed by atoms with Crippen LogP contribution >= 0.6 is 0 Å². The minimum absolute atomic E-state index is 0.0372. The predicted molar refractivity (Wildman–Crippen MR) is 102 cm³/mol. The lowest BCUT2D eigenvalue weighted by Gasteiger charge is -2.21. The molecule has 170 valence electrons. The number of aromatic nitrogens is 1. The van der Waals surface area contributed by atoms with Crippen molar-refractivity contribution >= 4 is 17.8 Å². The van der Waals surface area contributed by atoms with Crippen molar-refractivity contribution in [3.63, 3.8) is 0 Å². The summed E-state index contributed by atoms with van der Waals surface area (Å²) in [5.41, 5.74) is -0.501. The second-order valence-electron chi connectivity index (χ2n) is 7.34. The van der Waals surface area contributed by atoms with Crippen LogP contribution in [0, 0.1) is 6.92 Å². The van der Waals surface area contributed by atoms with E-state index in [0.29, 0.717) is 29.1 Å². The number of ketones is 1. The Morgan fingerprint density at radius 2 is 1.81 bits per heavy atom. The molecule has 1 heterocycles. The molecule has 1 aliphatic rings. The van der Waals surface area contributed by atoms with Gasteiger partial charge in [-0.25, -0.2) is 4.79 Å². The highest BCUT2D eigenvalue weighted by atomic mass is 19.4. The number of hydrogen-bond donors (Lipinski definition) is 0. The molecule has 0 aliphatic heterocycles. The fraction of sp³-hybridized carbons (Fsp3) is 0.318. The van der Waals surface area contributed by atoms with Gasteiger partial charge in [0.2, 0.25) is 0 Å². The van der Waals surface area contributed by atoms with Gasteiger partial charge in [0.25, 0.3) is 0 Å². The number of hydrogen-bond acceptors (Lipinski definition) is 4. The van der Waals surface area contributed by atoms with E-state index >= 15 is 0 Å². The van der Waals surface area contributed by atoms with Gasteiger partial charge in [-0.2, -0.15) is 26.3 Å². The van der Waals surface area contributed by atoms with Crippen LogP contribution in [0.5, 0.6) is 0 Å². The first-order valence-corrected chi connectivity index (χ1v) is 9.37. The monoisotopic (exact) mass is 457 g/mol. The molecule has 1 atom stereocenters. The van der Waals surface area contributed by atoms with Crippen molar-refractivity contribution in [1.82, 2.24) is 4.98 Å². The highest BCUT2D eigenvalue weighted by molar-refractivity contribution is 6.02. The maximum atomic E-state index is 13.7. The first kappa shape index (κ1) is 23.5. The van der Waals surface area contributed by atoms with E-state index in [1.54, 1.807) is 6.92 Å². The van der Waals surface area contributed by atoms with Gasteiger partial charge in [0.05, 0.1) is 35.5 Å². The SMILES string of the molecule is COC(=O)c1cc2c(nc1C)CC(C(=O)CC(c1cccc(C(F)(F)F)c1)C(F)(F)F)=C2. The summed E-state index contributed by atoms with van der Waals surface area (Å²) in [5.74, 6) is -3.91. The summed E-state index contributed by atoms with van der Waals surface area (Å²) in [6.45, 7) is 1.56. The number of rotatable bonds is 5. The summed E-state index contributed by atoms with van der Waals surface area (Å²) in [4.78, 5) is 28.7. The Morgan fingerprint density at radius 1 is 1.12 bits per heavy atom. The van der Waals surface area contributed by atoms with E-state index in [4.69, 9.17) is 0 Å². The van der Waals surface area contributed by atoms with Crippen molar-refractivity contribution < 1.29 is 40.7 Å². The molecule has 1 unspecified atom stereocenters. The number of fused-ring (bicyclic) bond motifs is 1. The normalized spacial score (nSPS) is 14.6. The van der Waals surface area contributed by atoms with Crippen molar-refractivity contribution in [2.24, 2.45) is 0 Å². The molecule has 0 bridgehead atoms. The van der Waals surface area contributed by atoms with Crippen LogP contribution in [0.2, 0.25) is 0 Å². The molecular formula is C22H17F6NO3. The minimum atomic E-state index is -4.93. The zero-order chi connectivity index (χ0) is 23.8. The van der Waals surface area contributed by atoms with Gasteiger partial charge in [0.1, 0.15) is 0 Å². The van der Waals surface area contributed by atoms with E-state index in [9.17, 15) is 35.9 Å². The van der Waals surface area contributed by atoms with E-state index in [1.165, 1.54) is 19.3 Å². The van der Waals surface area contributed by atoms with Gasteiger partial charge in [0.15, 0.2) is 5.78 Å². The highest BCUT2D eigenvalue weighted by Gasteiger charge is 2.43. The van der Waals surface area contributed by atoms with E-state index in [0.717, 1.165) is 12.1 Å². The zero-order valence-corrected chi connectivity index (χ0v) is 16.9. The average molecular weight is 457 g/mol. The van der Waals surface area contributed by atoms with Crippen molar-refractivity contribution in [2.45, 2.75) is 38.0 Å². The number of pyridine rings is 1. The maximum absolute atomic E-state index is 13.7. The van der Waals surface area contributed by atoms with E-state index in [-0.39, 0.29) is 17.6 Å². The van der Waals surface area contributed by atoms with Crippen LogP contribution in [0.4, 0.5) is 26.3 Å². The van der Waals surface area contributed by atoms with Crippen molar-refractivity contribution in [2.75, 3.05) is 7.11 Å². The standard InChI is InChI=1S/C22H17F6NO3/c1-11-16(20(31)32-2)8-13-6-14(9-18(13)29-11)19(30)10-17(22(26,27)28)12-4-3-5-15(7-12)21(23,24)25/h3-8,17H,9-10H2,1-2H3. The number of nitrogens with zero attached hydrogens (tertiary/aromatic N) is 1. The van der Waals surface area contributed by atoms with Crippen LogP contribution in [0.15, 0.2) is 35.9 Å². The van der Waals surface area contributed by atoms with Crippen LogP contribution in [0.3, 0.4) is 0 Å². The van der Waals surface area contributed by atoms with Gasteiger partial charge in [-0.3, -0.25) is 9.78 Å². The van der Waals surface area contributed by atoms with Crippen LogP contribution in [0.1, 0.15) is 50.8 Å². The number of aryl methyl sites for hydroxylation is 1. The number of benzene rings is 1. The molecule has 3 rings (SSSR count). The number of esters is 1. The fourth-order valence-corrected chi connectivity index (χ4v) is 3.52. The van der Waals surface area contributed by atoms with E-state index < -0.39 is 47.6 Å². The van der Waals surface area contributed by atoms with Gasteiger partial charge >= 0.3 is 18.3 Å². The Kier molecular flexibility index (Phi) is 6.17. The molecule has 0 radical (unpaired) electrons. The van der Waals surface area contributed by atoms with Gasteiger partial charge in [-0.05, 0) is 36.3 Å². The van der Waals surface area contributed by atoms with E-state index in [2.05, 4.69) is 9.72 Å². The summed E-state index contributed by atoms with van der Waals surface area (Å²) in [5, 5.41) is 0. The average Bonchev–Trinajstić information content (AvgIpc) is 3.12. The molecular weight excluding hydrogens is 440 g/mol.